The lowest BCUT2D eigenvalue weighted by atomic mass is 10.2. The lowest BCUT2D eigenvalue weighted by Gasteiger charge is -2.20. The number of aliphatic imine (C=N–C) groups is 1. The normalized spacial score (nSPS) is 10.6. The SMILES string of the molecule is CCNC(=NCC(=O)N(CC)Cc1ccccc1)Nc1ccc(OC)c(OCC)c1.I. The molecule has 2 rings (SSSR count). The second kappa shape index (κ2) is 14.5. The first-order valence-corrected chi connectivity index (χ1v) is 10.3. The molecule has 8 heteroatoms. The highest BCUT2D eigenvalue weighted by Gasteiger charge is 2.12. The monoisotopic (exact) mass is 540 g/mol. The number of nitrogens with one attached hydrogen (secondary N) is 2. The molecular weight excluding hydrogens is 507 g/mol. The first kappa shape index (κ1) is 26.5. The van der Waals surface area contributed by atoms with Crippen molar-refractivity contribution in [3.8, 4) is 11.5 Å². The molecule has 1 amide bonds. The largest absolute Gasteiger partial charge is 0.493 e. The van der Waals surface area contributed by atoms with Gasteiger partial charge >= 0.3 is 0 Å². The van der Waals surface area contributed by atoms with Crippen LogP contribution < -0.4 is 20.1 Å². The maximum absolute atomic E-state index is 12.7. The Morgan fingerprint density at radius 2 is 1.81 bits per heavy atom. The van der Waals surface area contributed by atoms with Crippen LogP contribution in [0, 0.1) is 0 Å². The van der Waals surface area contributed by atoms with Crippen LogP contribution in [-0.2, 0) is 11.3 Å². The van der Waals surface area contributed by atoms with Crippen molar-refractivity contribution in [1.82, 2.24) is 10.2 Å². The van der Waals surface area contributed by atoms with Crippen LogP contribution in [0.3, 0.4) is 0 Å². The van der Waals surface area contributed by atoms with Gasteiger partial charge in [-0.05, 0) is 38.5 Å². The van der Waals surface area contributed by atoms with E-state index in [-0.39, 0.29) is 36.4 Å². The summed E-state index contributed by atoms with van der Waals surface area (Å²) >= 11 is 0. The average Bonchev–Trinajstić information content (AvgIpc) is 2.77. The first-order valence-electron chi connectivity index (χ1n) is 10.3. The van der Waals surface area contributed by atoms with Crippen LogP contribution in [0.1, 0.15) is 26.3 Å². The van der Waals surface area contributed by atoms with Crippen molar-refractivity contribution in [2.75, 3.05) is 38.7 Å². The van der Waals surface area contributed by atoms with E-state index in [2.05, 4.69) is 15.6 Å². The molecule has 0 aromatic heterocycles. The number of halogens is 1. The molecule has 170 valence electrons. The molecule has 0 spiro atoms. The smallest absolute Gasteiger partial charge is 0.244 e. The zero-order valence-corrected chi connectivity index (χ0v) is 21.0. The highest BCUT2D eigenvalue weighted by molar-refractivity contribution is 14.0. The second-order valence-corrected chi connectivity index (χ2v) is 6.51. The fourth-order valence-corrected chi connectivity index (χ4v) is 2.89. The van der Waals surface area contributed by atoms with Gasteiger partial charge in [-0.15, -0.1) is 24.0 Å². The van der Waals surface area contributed by atoms with E-state index in [1.54, 1.807) is 12.0 Å². The summed E-state index contributed by atoms with van der Waals surface area (Å²) < 4.78 is 10.9. The Morgan fingerprint density at radius 1 is 1.06 bits per heavy atom. The van der Waals surface area contributed by atoms with Gasteiger partial charge in [0.25, 0.3) is 0 Å². The minimum absolute atomic E-state index is 0. The van der Waals surface area contributed by atoms with E-state index in [4.69, 9.17) is 9.47 Å². The number of hydrogen-bond acceptors (Lipinski definition) is 4. The Bertz CT molecular complexity index is 831. The molecule has 0 aliphatic carbocycles. The third-order valence-electron chi connectivity index (χ3n) is 4.39. The molecule has 0 saturated heterocycles. The van der Waals surface area contributed by atoms with Crippen molar-refractivity contribution in [2.24, 2.45) is 4.99 Å². The maximum Gasteiger partial charge on any atom is 0.244 e. The third-order valence-corrected chi connectivity index (χ3v) is 4.39. The highest BCUT2D eigenvalue weighted by atomic mass is 127. The molecule has 0 aliphatic rings. The Balaban J connectivity index is 0.00000480. The first-order chi connectivity index (χ1) is 14.6. The summed E-state index contributed by atoms with van der Waals surface area (Å²) in [5, 5.41) is 6.39. The molecule has 7 nitrogen and oxygen atoms in total. The minimum Gasteiger partial charge on any atom is -0.493 e. The number of carbonyl (C=O) groups is 1. The number of nitrogens with zero attached hydrogens (tertiary/aromatic N) is 2. The molecule has 0 bridgehead atoms. The van der Waals surface area contributed by atoms with Crippen LogP contribution in [0.15, 0.2) is 53.5 Å². The van der Waals surface area contributed by atoms with Crippen molar-refractivity contribution in [3.63, 3.8) is 0 Å². The van der Waals surface area contributed by atoms with Crippen LogP contribution in [0.4, 0.5) is 5.69 Å². The van der Waals surface area contributed by atoms with Gasteiger partial charge < -0.3 is 25.0 Å². The number of likely N-dealkylation sites (N-methyl/N-ethyl adjacent to an activating group) is 1. The van der Waals surface area contributed by atoms with Gasteiger partial charge in [0.05, 0.1) is 13.7 Å². The molecule has 2 N–H and O–H groups in total. The van der Waals surface area contributed by atoms with Gasteiger partial charge in [0, 0.05) is 31.4 Å². The lowest BCUT2D eigenvalue weighted by molar-refractivity contribution is -0.130. The van der Waals surface area contributed by atoms with E-state index in [1.165, 1.54) is 0 Å². The molecule has 2 aromatic rings. The van der Waals surface area contributed by atoms with Crippen LogP contribution >= 0.6 is 24.0 Å². The van der Waals surface area contributed by atoms with Crippen LogP contribution in [0.2, 0.25) is 0 Å². The zero-order chi connectivity index (χ0) is 21.8. The maximum atomic E-state index is 12.7. The van der Waals surface area contributed by atoms with E-state index in [0.717, 1.165) is 11.3 Å². The summed E-state index contributed by atoms with van der Waals surface area (Å²) in [6.45, 7) is 8.35. The Kier molecular flexibility index (Phi) is 12.4. The van der Waals surface area contributed by atoms with E-state index in [9.17, 15) is 4.79 Å². The predicted molar refractivity (Wildman–Crippen MR) is 137 cm³/mol. The highest BCUT2D eigenvalue weighted by Crippen LogP contribution is 2.30. The molecule has 31 heavy (non-hydrogen) atoms. The van der Waals surface area contributed by atoms with Crippen molar-refractivity contribution < 1.29 is 14.3 Å². The summed E-state index contributed by atoms with van der Waals surface area (Å²) in [6, 6.07) is 15.5. The molecule has 0 unspecified atom stereocenters. The zero-order valence-electron chi connectivity index (χ0n) is 18.7. The van der Waals surface area contributed by atoms with E-state index < -0.39 is 0 Å². The van der Waals surface area contributed by atoms with Crippen LogP contribution in [-0.4, -0.2) is 50.1 Å². The van der Waals surface area contributed by atoms with Crippen molar-refractivity contribution in [1.29, 1.82) is 0 Å². The summed E-state index contributed by atoms with van der Waals surface area (Å²) in [6.07, 6.45) is 0. The number of hydrogen-bond donors (Lipinski definition) is 2. The lowest BCUT2D eigenvalue weighted by Crippen LogP contribution is -2.35. The van der Waals surface area contributed by atoms with Gasteiger partial charge in [0.15, 0.2) is 17.5 Å². The summed E-state index contributed by atoms with van der Waals surface area (Å²) in [7, 11) is 1.61. The van der Waals surface area contributed by atoms with Gasteiger partial charge in [-0.2, -0.15) is 0 Å². The quantitative estimate of drug-likeness (QED) is 0.269. The second-order valence-electron chi connectivity index (χ2n) is 6.51. The van der Waals surface area contributed by atoms with Crippen molar-refractivity contribution in [2.45, 2.75) is 27.3 Å². The Morgan fingerprint density at radius 3 is 2.42 bits per heavy atom. The Hall–Kier alpha value is -2.49. The number of carbonyl (C=O) groups excluding carboxylic acids is 1. The molecule has 0 radical (unpaired) electrons. The van der Waals surface area contributed by atoms with Crippen molar-refractivity contribution in [3.05, 3.63) is 54.1 Å². The molecule has 2 aromatic carbocycles. The third kappa shape index (κ3) is 8.64. The average molecular weight is 540 g/mol. The van der Waals surface area contributed by atoms with Crippen LogP contribution in [0.5, 0.6) is 11.5 Å². The van der Waals surface area contributed by atoms with Gasteiger partial charge in [-0.25, -0.2) is 4.99 Å². The number of anilines is 1. The number of rotatable bonds is 10. The molecular formula is C23H33IN4O3. The van der Waals surface area contributed by atoms with Gasteiger partial charge in [0.2, 0.25) is 5.91 Å². The fraction of sp³-hybridized carbons (Fsp3) is 0.391. The standard InChI is InChI=1S/C23H32N4O3.HI/c1-5-24-23(26-19-13-14-20(29-4)21(15-19)30-7-3)25-16-22(28)27(6-2)17-18-11-9-8-10-12-18;/h8-15H,5-7,16-17H2,1-4H3,(H2,24,25,26);1H. The number of amides is 1. The van der Waals surface area contributed by atoms with E-state index in [0.29, 0.717) is 43.7 Å². The predicted octanol–water partition coefficient (Wildman–Crippen LogP) is 4.14. The van der Waals surface area contributed by atoms with Crippen molar-refractivity contribution >= 4 is 41.5 Å². The summed E-state index contributed by atoms with van der Waals surface area (Å²) in [5.41, 5.74) is 1.89. The number of guanidine groups is 1. The molecule has 0 atom stereocenters. The summed E-state index contributed by atoms with van der Waals surface area (Å²) in [5.74, 6) is 1.83. The van der Waals surface area contributed by atoms with Gasteiger partial charge in [-0.1, -0.05) is 30.3 Å². The minimum atomic E-state index is -0.0247. The summed E-state index contributed by atoms with van der Waals surface area (Å²) in [4.78, 5) is 19.0. The number of benzene rings is 2. The Labute approximate surface area is 202 Å². The number of methoxy groups -OCH3 is 1. The molecule has 0 aliphatic heterocycles. The topological polar surface area (TPSA) is 75.2 Å². The fourth-order valence-electron chi connectivity index (χ4n) is 2.89. The van der Waals surface area contributed by atoms with E-state index >= 15 is 0 Å². The number of ether oxygens (including phenoxy) is 2. The molecule has 0 heterocycles. The van der Waals surface area contributed by atoms with Gasteiger partial charge in [0.1, 0.15) is 6.54 Å². The van der Waals surface area contributed by atoms with Crippen LogP contribution in [0.25, 0.3) is 0 Å². The molecule has 0 fully saturated rings. The molecule has 0 saturated carbocycles. The van der Waals surface area contributed by atoms with Gasteiger partial charge in [-0.3, -0.25) is 4.79 Å². The van der Waals surface area contributed by atoms with E-state index in [1.807, 2.05) is 69.3 Å².